The fourth-order valence-corrected chi connectivity index (χ4v) is 3.65. The highest BCUT2D eigenvalue weighted by atomic mass is 16.2. The number of hydrogen-bond donors (Lipinski definition) is 1. The van der Waals surface area contributed by atoms with Gasteiger partial charge in [-0.25, -0.2) is 0 Å². The van der Waals surface area contributed by atoms with E-state index in [1.807, 2.05) is 36.2 Å². The lowest BCUT2D eigenvalue weighted by Crippen LogP contribution is -2.46. The number of carbonyl (C=O) groups is 2. The number of piperidine rings is 1. The molecule has 1 atom stereocenters. The topological polar surface area (TPSA) is 82.2 Å². The van der Waals surface area contributed by atoms with Crippen LogP contribution in [-0.4, -0.2) is 56.9 Å². The van der Waals surface area contributed by atoms with E-state index in [2.05, 4.69) is 22.1 Å². The Morgan fingerprint density at radius 2 is 2.18 bits per heavy atom. The largest absolute Gasteiger partial charge is 0.342 e. The van der Waals surface area contributed by atoms with Gasteiger partial charge in [0, 0.05) is 44.9 Å². The predicted octanol–water partition coefficient (Wildman–Crippen LogP) is 2.20. The first-order valence-corrected chi connectivity index (χ1v) is 10.0. The van der Waals surface area contributed by atoms with Gasteiger partial charge >= 0.3 is 0 Å². The van der Waals surface area contributed by atoms with Crippen molar-refractivity contribution in [2.45, 2.75) is 45.6 Å². The Balaban J connectivity index is 1.54. The molecule has 2 aromatic rings. The standard InChI is InChI=1S/C21H29N5O2/c1-3-6-18-13-19(24-23-18)15-25(2)21(28)16-8-9-20(27)26(14-16)12-10-17-7-4-5-11-22-17/h4-5,7,11,13,16H,3,6,8-10,12,14-15H2,1-2H3,(H,23,24)/t16-/m1/s1. The second-order valence-corrected chi connectivity index (χ2v) is 7.48. The van der Waals surface area contributed by atoms with Gasteiger partial charge in [0.2, 0.25) is 11.8 Å². The van der Waals surface area contributed by atoms with E-state index >= 15 is 0 Å². The molecule has 0 spiro atoms. The molecule has 0 bridgehead atoms. The Labute approximate surface area is 166 Å². The van der Waals surface area contributed by atoms with Crippen molar-refractivity contribution in [1.82, 2.24) is 25.0 Å². The molecule has 0 aromatic carbocycles. The average Bonchev–Trinajstić information content (AvgIpc) is 3.14. The maximum atomic E-state index is 12.9. The van der Waals surface area contributed by atoms with E-state index in [0.717, 1.165) is 29.9 Å². The molecule has 3 heterocycles. The van der Waals surface area contributed by atoms with E-state index in [1.54, 1.807) is 11.1 Å². The van der Waals surface area contributed by atoms with Crippen LogP contribution in [0.4, 0.5) is 0 Å². The van der Waals surface area contributed by atoms with E-state index < -0.39 is 0 Å². The molecule has 0 aliphatic carbocycles. The van der Waals surface area contributed by atoms with Gasteiger partial charge in [-0.3, -0.25) is 19.7 Å². The van der Waals surface area contributed by atoms with Crippen molar-refractivity contribution in [1.29, 1.82) is 0 Å². The van der Waals surface area contributed by atoms with Crippen molar-refractivity contribution >= 4 is 11.8 Å². The second-order valence-electron chi connectivity index (χ2n) is 7.48. The molecule has 28 heavy (non-hydrogen) atoms. The van der Waals surface area contributed by atoms with Crippen molar-refractivity contribution < 1.29 is 9.59 Å². The van der Waals surface area contributed by atoms with Crippen LogP contribution in [0.3, 0.4) is 0 Å². The normalized spacial score (nSPS) is 17.0. The number of nitrogens with one attached hydrogen (secondary N) is 1. The first kappa shape index (κ1) is 20.0. The molecular formula is C21H29N5O2. The average molecular weight is 383 g/mol. The lowest BCUT2D eigenvalue weighted by atomic mass is 9.95. The third-order valence-corrected chi connectivity index (χ3v) is 5.19. The van der Waals surface area contributed by atoms with Gasteiger partial charge in [0.1, 0.15) is 0 Å². The van der Waals surface area contributed by atoms with Crippen LogP contribution in [0, 0.1) is 5.92 Å². The highest BCUT2D eigenvalue weighted by Gasteiger charge is 2.31. The van der Waals surface area contributed by atoms with Crippen LogP contribution in [0.1, 0.15) is 43.3 Å². The predicted molar refractivity (Wildman–Crippen MR) is 106 cm³/mol. The van der Waals surface area contributed by atoms with Gasteiger partial charge < -0.3 is 9.80 Å². The monoisotopic (exact) mass is 383 g/mol. The van der Waals surface area contributed by atoms with Crippen LogP contribution in [-0.2, 0) is 29.0 Å². The Hall–Kier alpha value is -2.70. The number of nitrogens with zero attached hydrogens (tertiary/aromatic N) is 4. The molecule has 0 radical (unpaired) electrons. The van der Waals surface area contributed by atoms with Crippen molar-refractivity contribution in [3.63, 3.8) is 0 Å². The zero-order chi connectivity index (χ0) is 19.9. The Bertz CT molecular complexity index is 789. The SMILES string of the molecule is CCCc1cc(CN(C)C(=O)[C@@H]2CCC(=O)N(CCc3ccccn3)C2)[nH]n1. The van der Waals surface area contributed by atoms with Crippen molar-refractivity contribution in [2.24, 2.45) is 5.92 Å². The molecule has 1 N–H and O–H groups in total. The van der Waals surface area contributed by atoms with Crippen LogP contribution >= 0.6 is 0 Å². The summed E-state index contributed by atoms with van der Waals surface area (Å²) in [5, 5.41) is 7.30. The summed E-state index contributed by atoms with van der Waals surface area (Å²) in [4.78, 5) is 33.0. The minimum Gasteiger partial charge on any atom is -0.342 e. The highest BCUT2D eigenvalue weighted by molar-refractivity contribution is 5.83. The molecule has 2 amide bonds. The minimum absolute atomic E-state index is 0.0852. The molecule has 1 saturated heterocycles. The second kappa shape index (κ2) is 9.48. The maximum Gasteiger partial charge on any atom is 0.227 e. The molecule has 7 nitrogen and oxygen atoms in total. The number of aromatic nitrogens is 3. The summed E-state index contributed by atoms with van der Waals surface area (Å²) in [6.07, 6.45) is 5.49. The third kappa shape index (κ3) is 5.18. The Morgan fingerprint density at radius 3 is 2.93 bits per heavy atom. The number of amides is 2. The summed E-state index contributed by atoms with van der Waals surface area (Å²) < 4.78 is 0. The molecule has 1 aliphatic rings. The van der Waals surface area contributed by atoms with E-state index in [-0.39, 0.29) is 17.7 Å². The number of likely N-dealkylation sites (tertiary alicyclic amines) is 1. The first-order chi connectivity index (χ1) is 13.6. The van der Waals surface area contributed by atoms with E-state index in [1.165, 1.54) is 0 Å². The van der Waals surface area contributed by atoms with Gasteiger partial charge in [-0.05, 0) is 31.0 Å². The first-order valence-electron chi connectivity index (χ1n) is 10.0. The van der Waals surface area contributed by atoms with E-state index in [0.29, 0.717) is 38.9 Å². The quantitative estimate of drug-likeness (QED) is 0.758. The minimum atomic E-state index is -0.149. The molecule has 2 aromatic heterocycles. The van der Waals surface area contributed by atoms with Gasteiger partial charge in [-0.1, -0.05) is 19.4 Å². The van der Waals surface area contributed by atoms with Crippen molar-refractivity contribution in [3.8, 4) is 0 Å². The maximum absolute atomic E-state index is 12.9. The summed E-state index contributed by atoms with van der Waals surface area (Å²) in [6.45, 7) is 3.71. The summed E-state index contributed by atoms with van der Waals surface area (Å²) >= 11 is 0. The number of aryl methyl sites for hydroxylation is 1. The van der Waals surface area contributed by atoms with Gasteiger partial charge in [0.25, 0.3) is 0 Å². The lowest BCUT2D eigenvalue weighted by molar-refractivity contribution is -0.142. The Morgan fingerprint density at radius 1 is 1.32 bits per heavy atom. The molecule has 1 fully saturated rings. The fraction of sp³-hybridized carbons (Fsp3) is 0.524. The molecule has 1 aliphatic heterocycles. The summed E-state index contributed by atoms with van der Waals surface area (Å²) in [5.41, 5.74) is 2.93. The zero-order valence-corrected chi connectivity index (χ0v) is 16.7. The molecular weight excluding hydrogens is 354 g/mol. The number of H-pyrrole nitrogens is 1. The van der Waals surface area contributed by atoms with Crippen LogP contribution in [0.15, 0.2) is 30.5 Å². The van der Waals surface area contributed by atoms with Crippen molar-refractivity contribution in [2.75, 3.05) is 20.1 Å². The van der Waals surface area contributed by atoms with Gasteiger partial charge in [-0.15, -0.1) is 0 Å². The molecule has 3 rings (SSSR count). The summed E-state index contributed by atoms with van der Waals surface area (Å²) in [5.74, 6) is 0.0619. The number of pyridine rings is 1. The molecule has 7 heteroatoms. The number of carbonyl (C=O) groups excluding carboxylic acids is 2. The summed E-state index contributed by atoms with van der Waals surface area (Å²) in [6, 6.07) is 7.81. The van der Waals surface area contributed by atoms with E-state index in [9.17, 15) is 9.59 Å². The number of hydrogen-bond acceptors (Lipinski definition) is 4. The molecule has 150 valence electrons. The zero-order valence-electron chi connectivity index (χ0n) is 16.7. The van der Waals surface area contributed by atoms with Crippen LogP contribution in [0.2, 0.25) is 0 Å². The molecule has 0 saturated carbocycles. The van der Waals surface area contributed by atoms with Crippen LogP contribution in [0.25, 0.3) is 0 Å². The number of rotatable bonds is 8. The van der Waals surface area contributed by atoms with Gasteiger partial charge in [-0.2, -0.15) is 5.10 Å². The molecule has 0 unspecified atom stereocenters. The van der Waals surface area contributed by atoms with Crippen LogP contribution < -0.4 is 0 Å². The van der Waals surface area contributed by atoms with Crippen molar-refractivity contribution in [3.05, 3.63) is 47.5 Å². The summed E-state index contributed by atoms with van der Waals surface area (Å²) in [7, 11) is 1.82. The highest BCUT2D eigenvalue weighted by Crippen LogP contribution is 2.20. The fourth-order valence-electron chi connectivity index (χ4n) is 3.65. The van der Waals surface area contributed by atoms with Gasteiger partial charge in [0.15, 0.2) is 0 Å². The van der Waals surface area contributed by atoms with Crippen LogP contribution in [0.5, 0.6) is 0 Å². The lowest BCUT2D eigenvalue weighted by Gasteiger charge is -2.33. The third-order valence-electron chi connectivity index (χ3n) is 5.19. The van der Waals surface area contributed by atoms with Gasteiger partial charge in [0.05, 0.1) is 23.9 Å². The van der Waals surface area contributed by atoms with E-state index in [4.69, 9.17) is 0 Å². The number of aromatic amines is 1. The smallest absolute Gasteiger partial charge is 0.227 e. The Kier molecular flexibility index (Phi) is 6.79.